The Hall–Kier alpha value is -3.02. The summed E-state index contributed by atoms with van der Waals surface area (Å²) in [6.45, 7) is 2.74. The molecule has 1 aliphatic carbocycles. The molecule has 2 aromatic carbocycles. The molecule has 1 atom stereocenters. The quantitative estimate of drug-likeness (QED) is 0.714. The summed E-state index contributed by atoms with van der Waals surface area (Å²) < 4.78 is 11.7. The second-order valence-electron chi connectivity index (χ2n) is 8.49. The van der Waals surface area contributed by atoms with Gasteiger partial charge in [-0.25, -0.2) is 0 Å². The topological polar surface area (TPSA) is 67.9 Å². The number of anilines is 1. The van der Waals surface area contributed by atoms with Crippen LogP contribution in [-0.4, -0.2) is 36.5 Å². The van der Waals surface area contributed by atoms with Crippen molar-refractivity contribution < 1.29 is 19.1 Å². The van der Waals surface area contributed by atoms with E-state index in [9.17, 15) is 9.59 Å². The fraction of sp³-hybridized carbons (Fsp3) is 0.440. The zero-order chi connectivity index (χ0) is 21.8. The van der Waals surface area contributed by atoms with Crippen molar-refractivity contribution in [2.75, 3.05) is 19.0 Å². The third-order valence-electron chi connectivity index (χ3n) is 6.12. The number of hydrogen-bond donors (Lipinski definition) is 1. The largest absolute Gasteiger partial charge is 0.493 e. The van der Waals surface area contributed by atoms with Crippen molar-refractivity contribution in [1.29, 1.82) is 0 Å². The van der Waals surface area contributed by atoms with Gasteiger partial charge < -0.3 is 19.7 Å². The van der Waals surface area contributed by atoms with Crippen molar-refractivity contribution in [2.45, 2.75) is 57.6 Å². The Bertz CT molecular complexity index is 935. The van der Waals surface area contributed by atoms with Crippen molar-refractivity contribution in [1.82, 2.24) is 4.90 Å². The smallest absolute Gasteiger partial charge is 0.223 e. The first kappa shape index (κ1) is 21.2. The van der Waals surface area contributed by atoms with Crippen LogP contribution in [0.4, 0.5) is 5.69 Å². The molecule has 164 valence electrons. The molecule has 0 radical (unpaired) electrons. The first-order chi connectivity index (χ1) is 15.0. The van der Waals surface area contributed by atoms with Crippen molar-refractivity contribution in [2.24, 2.45) is 0 Å². The zero-order valence-corrected chi connectivity index (χ0v) is 18.2. The maximum Gasteiger partial charge on any atom is 0.223 e. The van der Waals surface area contributed by atoms with Gasteiger partial charge in [0.05, 0.1) is 13.2 Å². The SMILES string of the molecule is COc1ccc([C@H]2CC(=O)N(Cc3ccc(NC(C)=O)cc3)C2)cc1OC1CCCC1. The summed E-state index contributed by atoms with van der Waals surface area (Å²) >= 11 is 0. The van der Waals surface area contributed by atoms with Crippen LogP contribution in [0.5, 0.6) is 11.5 Å². The van der Waals surface area contributed by atoms with Gasteiger partial charge in [0, 0.05) is 38.0 Å². The van der Waals surface area contributed by atoms with Crippen LogP contribution in [-0.2, 0) is 16.1 Å². The Balaban J connectivity index is 1.43. The highest BCUT2D eigenvalue weighted by atomic mass is 16.5. The average Bonchev–Trinajstić information content (AvgIpc) is 3.39. The summed E-state index contributed by atoms with van der Waals surface area (Å²) in [5.41, 5.74) is 2.92. The van der Waals surface area contributed by atoms with Gasteiger partial charge in [-0.05, 0) is 61.1 Å². The predicted octanol–water partition coefficient (Wildman–Crippen LogP) is 4.49. The first-order valence-corrected chi connectivity index (χ1v) is 11.0. The minimum atomic E-state index is -0.0962. The highest BCUT2D eigenvalue weighted by Gasteiger charge is 2.31. The average molecular weight is 423 g/mol. The highest BCUT2D eigenvalue weighted by Crippen LogP contribution is 2.37. The van der Waals surface area contributed by atoms with Crippen molar-refractivity contribution in [3.05, 3.63) is 53.6 Å². The number of ether oxygens (including phenoxy) is 2. The standard InChI is InChI=1S/C25H30N2O4/c1-17(28)26-21-10-7-18(8-11-21)15-27-16-20(14-25(27)29)19-9-12-23(30-2)24(13-19)31-22-5-3-4-6-22/h7-13,20,22H,3-6,14-16H2,1-2H3,(H,26,28)/t20-/m0/s1. The van der Waals surface area contributed by atoms with Gasteiger partial charge in [0.25, 0.3) is 0 Å². The fourth-order valence-corrected chi connectivity index (χ4v) is 4.49. The number of benzene rings is 2. The van der Waals surface area contributed by atoms with Gasteiger partial charge in [0.15, 0.2) is 11.5 Å². The number of hydrogen-bond acceptors (Lipinski definition) is 4. The minimum Gasteiger partial charge on any atom is -0.493 e. The number of amides is 2. The number of nitrogens with zero attached hydrogens (tertiary/aromatic N) is 1. The highest BCUT2D eigenvalue weighted by molar-refractivity contribution is 5.88. The number of methoxy groups -OCH3 is 1. The Labute approximate surface area is 183 Å². The number of nitrogens with one attached hydrogen (secondary N) is 1. The Kier molecular flexibility index (Phi) is 6.44. The van der Waals surface area contributed by atoms with E-state index in [0.717, 1.165) is 41.2 Å². The van der Waals surface area contributed by atoms with Crippen LogP contribution in [0.3, 0.4) is 0 Å². The molecular formula is C25H30N2O4. The number of rotatable bonds is 7. The van der Waals surface area contributed by atoms with E-state index in [4.69, 9.17) is 9.47 Å². The molecule has 4 rings (SSSR count). The monoisotopic (exact) mass is 422 g/mol. The van der Waals surface area contributed by atoms with Crippen LogP contribution >= 0.6 is 0 Å². The molecule has 2 aliphatic rings. The van der Waals surface area contributed by atoms with Gasteiger partial charge in [0.1, 0.15) is 0 Å². The second-order valence-corrected chi connectivity index (χ2v) is 8.49. The van der Waals surface area contributed by atoms with E-state index in [1.807, 2.05) is 41.3 Å². The molecule has 6 nitrogen and oxygen atoms in total. The molecule has 31 heavy (non-hydrogen) atoms. The first-order valence-electron chi connectivity index (χ1n) is 11.0. The molecule has 0 unspecified atom stereocenters. The molecule has 2 aromatic rings. The molecule has 1 aliphatic heterocycles. The molecule has 1 heterocycles. The molecular weight excluding hydrogens is 392 g/mol. The van der Waals surface area contributed by atoms with Gasteiger partial charge in [-0.3, -0.25) is 9.59 Å². The van der Waals surface area contributed by atoms with Crippen LogP contribution in [0.15, 0.2) is 42.5 Å². The molecule has 1 saturated heterocycles. The van der Waals surface area contributed by atoms with E-state index in [1.54, 1.807) is 7.11 Å². The van der Waals surface area contributed by atoms with Crippen molar-refractivity contribution in [3.8, 4) is 11.5 Å². The summed E-state index contributed by atoms with van der Waals surface area (Å²) in [4.78, 5) is 25.7. The summed E-state index contributed by atoms with van der Waals surface area (Å²) in [7, 11) is 1.66. The van der Waals surface area contributed by atoms with Crippen LogP contribution < -0.4 is 14.8 Å². The van der Waals surface area contributed by atoms with Gasteiger partial charge >= 0.3 is 0 Å². The number of likely N-dealkylation sites (tertiary alicyclic amines) is 1. The lowest BCUT2D eigenvalue weighted by atomic mass is 9.98. The predicted molar refractivity (Wildman–Crippen MR) is 119 cm³/mol. The minimum absolute atomic E-state index is 0.0962. The van der Waals surface area contributed by atoms with E-state index in [2.05, 4.69) is 11.4 Å². The maximum absolute atomic E-state index is 12.7. The molecule has 0 aromatic heterocycles. The maximum atomic E-state index is 12.7. The summed E-state index contributed by atoms with van der Waals surface area (Å²) in [5.74, 6) is 1.73. The van der Waals surface area contributed by atoms with Gasteiger partial charge in [-0.2, -0.15) is 0 Å². The normalized spacial score (nSPS) is 19.0. The third kappa shape index (κ3) is 5.19. The molecule has 1 saturated carbocycles. The van der Waals surface area contributed by atoms with Crippen LogP contribution in [0.2, 0.25) is 0 Å². The lowest BCUT2D eigenvalue weighted by molar-refractivity contribution is -0.128. The Morgan fingerprint density at radius 2 is 1.84 bits per heavy atom. The van der Waals surface area contributed by atoms with E-state index in [-0.39, 0.29) is 23.8 Å². The lowest BCUT2D eigenvalue weighted by Gasteiger charge is -2.19. The Morgan fingerprint density at radius 3 is 2.52 bits per heavy atom. The summed E-state index contributed by atoms with van der Waals surface area (Å²) in [5, 5.41) is 2.76. The fourth-order valence-electron chi connectivity index (χ4n) is 4.49. The van der Waals surface area contributed by atoms with Gasteiger partial charge in [0.2, 0.25) is 11.8 Å². The van der Waals surface area contributed by atoms with E-state index < -0.39 is 0 Å². The summed E-state index contributed by atoms with van der Waals surface area (Å²) in [6.07, 6.45) is 5.35. The van der Waals surface area contributed by atoms with E-state index in [1.165, 1.54) is 19.8 Å². The number of carbonyl (C=O) groups is 2. The van der Waals surface area contributed by atoms with Gasteiger partial charge in [-0.15, -0.1) is 0 Å². The van der Waals surface area contributed by atoms with Crippen molar-refractivity contribution >= 4 is 17.5 Å². The van der Waals surface area contributed by atoms with E-state index in [0.29, 0.717) is 19.5 Å². The zero-order valence-electron chi connectivity index (χ0n) is 18.2. The molecule has 0 spiro atoms. The lowest BCUT2D eigenvalue weighted by Crippen LogP contribution is -2.24. The van der Waals surface area contributed by atoms with Gasteiger partial charge in [-0.1, -0.05) is 18.2 Å². The molecule has 2 fully saturated rings. The molecule has 0 bridgehead atoms. The van der Waals surface area contributed by atoms with Crippen LogP contribution in [0.25, 0.3) is 0 Å². The van der Waals surface area contributed by atoms with E-state index >= 15 is 0 Å². The Morgan fingerprint density at radius 1 is 1.10 bits per heavy atom. The number of carbonyl (C=O) groups excluding carboxylic acids is 2. The van der Waals surface area contributed by atoms with Crippen molar-refractivity contribution in [3.63, 3.8) is 0 Å². The molecule has 6 heteroatoms. The molecule has 2 amide bonds. The third-order valence-corrected chi connectivity index (χ3v) is 6.12. The van der Waals surface area contributed by atoms with Crippen LogP contribution in [0, 0.1) is 0 Å². The van der Waals surface area contributed by atoms with Crippen LogP contribution in [0.1, 0.15) is 56.1 Å². The summed E-state index contributed by atoms with van der Waals surface area (Å²) in [6, 6.07) is 13.7. The molecule has 1 N–H and O–H groups in total. The second kappa shape index (κ2) is 9.41.